The lowest BCUT2D eigenvalue weighted by atomic mass is 9.43. The number of esters is 1. The molecule has 4 unspecified atom stereocenters. The van der Waals surface area contributed by atoms with Crippen molar-refractivity contribution < 1.29 is 42.8 Å². The minimum atomic E-state index is -1.06. The summed E-state index contributed by atoms with van der Waals surface area (Å²) >= 11 is 0. The van der Waals surface area contributed by atoms with Crippen molar-refractivity contribution in [2.24, 2.45) is 23.2 Å². The van der Waals surface area contributed by atoms with Crippen LogP contribution in [0.4, 0.5) is 4.79 Å². The fraction of sp³-hybridized carbons (Fsp3) is 0.676. The maximum absolute atomic E-state index is 13.7. The van der Waals surface area contributed by atoms with Crippen LogP contribution in [0.15, 0.2) is 30.3 Å². The molecule has 0 spiro atoms. The molecule has 0 aromatic heterocycles. The summed E-state index contributed by atoms with van der Waals surface area (Å²) in [5.74, 6) is -2.24. The first-order chi connectivity index (χ1) is 22.6. The maximum Gasteiger partial charge on any atom is 0.481 e. The molecule has 4 fully saturated rings. The van der Waals surface area contributed by atoms with E-state index in [9.17, 15) is 24.0 Å². The number of alkyl carbamates (subject to hydrolysis) is 1. The Morgan fingerprint density at radius 1 is 0.896 bits per heavy atom. The zero-order chi connectivity index (χ0) is 35.4. The highest BCUT2D eigenvalue weighted by Gasteiger charge is 2.68. The second-order valence-electron chi connectivity index (χ2n) is 14.4. The molecule has 13 nitrogen and oxygen atoms in total. The van der Waals surface area contributed by atoms with Crippen molar-refractivity contribution in [2.45, 2.75) is 109 Å². The second-order valence-corrected chi connectivity index (χ2v) is 14.4. The number of nitrogens with one attached hydrogen (secondary N) is 4. The van der Waals surface area contributed by atoms with Gasteiger partial charge in [-0.2, -0.15) is 0 Å². The van der Waals surface area contributed by atoms with Crippen LogP contribution in [0.1, 0.15) is 72.8 Å². The number of carbonyl (C=O) groups excluding carboxylic acids is 5. The van der Waals surface area contributed by atoms with Crippen LogP contribution in [0.25, 0.3) is 0 Å². The standard InChI is InChI=1S/C34H51BN4O9/c1-19(2)28(39-32(44)46-8)31(43)37-23(16-21-12-10-9-11-13-21)30(42)36-20(3)29(41)38-26(14-15-27(40)45-7)35-47-25-18-22-17-24(33(22,4)5)34(25,6)48-35/h9-13,19-20,22-26,28H,14-18H2,1-8H3,(H,36,42)(H,37,43)(H,38,41)(H,39,44)/t20-,22-,23?,24?,25+,26?,28?,34-/m0/s1. The van der Waals surface area contributed by atoms with E-state index < -0.39 is 66.6 Å². The fourth-order valence-corrected chi connectivity index (χ4v) is 7.45. The molecule has 1 aliphatic heterocycles. The van der Waals surface area contributed by atoms with Gasteiger partial charge in [-0.3, -0.25) is 19.2 Å². The quantitative estimate of drug-likeness (QED) is 0.171. The summed E-state index contributed by atoms with van der Waals surface area (Å²) in [7, 11) is 1.72. The summed E-state index contributed by atoms with van der Waals surface area (Å²) in [5, 5.41) is 10.9. The van der Waals surface area contributed by atoms with Gasteiger partial charge in [0.1, 0.15) is 18.1 Å². The summed E-state index contributed by atoms with van der Waals surface area (Å²) < 4.78 is 22.5. The highest BCUT2D eigenvalue weighted by Crippen LogP contribution is 2.65. The Balaban J connectivity index is 1.46. The van der Waals surface area contributed by atoms with Crippen LogP contribution >= 0.6 is 0 Å². The van der Waals surface area contributed by atoms with E-state index >= 15 is 0 Å². The highest BCUT2D eigenvalue weighted by atomic mass is 16.7. The zero-order valence-electron chi connectivity index (χ0n) is 29.3. The molecule has 1 aromatic rings. The Morgan fingerprint density at radius 3 is 2.19 bits per heavy atom. The smallest absolute Gasteiger partial charge is 0.469 e. The number of hydrogen-bond donors (Lipinski definition) is 4. The summed E-state index contributed by atoms with van der Waals surface area (Å²) in [6.45, 7) is 11.6. The molecule has 4 N–H and O–H groups in total. The summed E-state index contributed by atoms with van der Waals surface area (Å²) in [4.78, 5) is 64.5. The highest BCUT2D eigenvalue weighted by molar-refractivity contribution is 6.48. The lowest BCUT2D eigenvalue weighted by Gasteiger charge is -2.64. The molecule has 8 atom stereocenters. The molecule has 3 aliphatic carbocycles. The van der Waals surface area contributed by atoms with Gasteiger partial charge in [-0.05, 0) is 61.8 Å². The van der Waals surface area contributed by atoms with Crippen molar-refractivity contribution in [3.63, 3.8) is 0 Å². The van der Waals surface area contributed by atoms with Gasteiger partial charge in [-0.25, -0.2) is 4.79 Å². The molecule has 0 radical (unpaired) electrons. The second kappa shape index (κ2) is 15.3. The van der Waals surface area contributed by atoms with Gasteiger partial charge in [0.15, 0.2) is 0 Å². The van der Waals surface area contributed by atoms with Crippen molar-refractivity contribution in [1.29, 1.82) is 0 Å². The Hall–Kier alpha value is -3.65. The van der Waals surface area contributed by atoms with Crippen LogP contribution in [0.2, 0.25) is 0 Å². The van der Waals surface area contributed by atoms with E-state index in [1.165, 1.54) is 21.1 Å². The lowest BCUT2D eigenvalue weighted by Crippen LogP contribution is -2.65. The maximum atomic E-state index is 13.7. The van der Waals surface area contributed by atoms with E-state index in [1.807, 2.05) is 30.3 Å². The topological polar surface area (TPSA) is 170 Å². The van der Waals surface area contributed by atoms with Gasteiger partial charge in [0.25, 0.3) is 0 Å². The molecule has 1 aromatic carbocycles. The van der Waals surface area contributed by atoms with E-state index in [-0.39, 0.29) is 36.7 Å². The predicted molar refractivity (Wildman–Crippen MR) is 177 cm³/mol. The number of ether oxygens (including phenoxy) is 2. The average Bonchev–Trinajstić information content (AvgIpc) is 3.41. The molecule has 2 bridgehead atoms. The number of carbonyl (C=O) groups is 5. The molecule has 264 valence electrons. The molecule has 14 heteroatoms. The van der Waals surface area contributed by atoms with Gasteiger partial charge in [0, 0.05) is 12.8 Å². The van der Waals surface area contributed by atoms with E-state index in [0.717, 1.165) is 18.4 Å². The molecular weight excluding hydrogens is 619 g/mol. The molecule has 5 rings (SSSR count). The van der Waals surface area contributed by atoms with Crippen molar-refractivity contribution in [1.82, 2.24) is 21.3 Å². The van der Waals surface area contributed by atoms with Crippen molar-refractivity contribution in [2.75, 3.05) is 14.2 Å². The number of hydrogen-bond acceptors (Lipinski definition) is 9. The summed E-state index contributed by atoms with van der Waals surface area (Å²) in [6.07, 6.45) is 1.41. The predicted octanol–water partition coefficient (Wildman–Crippen LogP) is 2.30. The Labute approximate surface area is 283 Å². The van der Waals surface area contributed by atoms with E-state index in [1.54, 1.807) is 13.8 Å². The van der Waals surface area contributed by atoms with Gasteiger partial charge >= 0.3 is 19.2 Å². The van der Waals surface area contributed by atoms with Crippen molar-refractivity contribution >= 4 is 36.9 Å². The van der Waals surface area contributed by atoms with Crippen LogP contribution in [-0.2, 0) is 44.4 Å². The van der Waals surface area contributed by atoms with Crippen molar-refractivity contribution in [3.8, 4) is 0 Å². The van der Waals surface area contributed by atoms with E-state index in [4.69, 9.17) is 14.0 Å². The molecule has 4 amide bonds. The first kappa shape index (κ1) is 37.2. The molecule has 1 heterocycles. The molecule has 48 heavy (non-hydrogen) atoms. The third kappa shape index (κ3) is 8.14. The molecular formula is C34H51BN4O9. The molecule has 1 saturated heterocycles. The SMILES string of the molecule is COC(=O)CCC(NC(=O)[C@H](C)NC(=O)C(Cc1ccccc1)NC(=O)C(NC(=O)OC)C(C)C)B1O[C@@H]2C[C@@H]3CC(C3(C)C)[C@]2(C)O1. The average molecular weight is 671 g/mol. The largest absolute Gasteiger partial charge is 0.481 e. The Bertz CT molecular complexity index is 1340. The lowest BCUT2D eigenvalue weighted by molar-refractivity contribution is -0.199. The minimum Gasteiger partial charge on any atom is -0.469 e. The van der Waals surface area contributed by atoms with Crippen LogP contribution < -0.4 is 21.3 Å². The van der Waals surface area contributed by atoms with Crippen LogP contribution in [0, 0.1) is 23.2 Å². The summed E-state index contributed by atoms with van der Waals surface area (Å²) in [5.41, 5.74) is 0.395. The number of rotatable bonds is 14. The van der Waals surface area contributed by atoms with Crippen LogP contribution in [0.5, 0.6) is 0 Å². The van der Waals surface area contributed by atoms with E-state index in [2.05, 4.69) is 46.8 Å². The molecule has 3 saturated carbocycles. The number of amides is 4. The third-order valence-corrected chi connectivity index (χ3v) is 10.6. The zero-order valence-corrected chi connectivity index (χ0v) is 29.3. The van der Waals surface area contributed by atoms with Gasteiger partial charge in [-0.15, -0.1) is 0 Å². The van der Waals surface area contributed by atoms with Crippen molar-refractivity contribution in [3.05, 3.63) is 35.9 Å². The van der Waals surface area contributed by atoms with Gasteiger partial charge in [0.2, 0.25) is 17.7 Å². The first-order valence-electron chi connectivity index (χ1n) is 16.8. The molecule has 4 aliphatic rings. The minimum absolute atomic E-state index is 0.0339. The van der Waals surface area contributed by atoms with Crippen LogP contribution in [0.3, 0.4) is 0 Å². The summed E-state index contributed by atoms with van der Waals surface area (Å²) in [6, 6.07) is 6.08. The Morgan fingerprint density at radius 2 is 1.58 bits per heavy atom. The monoisotopic (exact) mass is 670 g/mol. The van der Waals surface area contributed by atoms with Gasteiger partial charge < -0.3 is 40.0 Å². The van der Waals surface area contributed by atoms with Crippen LogP contribution in [-0.4, -0.2) is 86.9 Å². The van der Waals surface area contributed by atoms with Gasteiger partial charge in [0.05, 0.1) is 31.9 Å². The number of methoxy groups -OCH3 is 2. The third-order valence-electron chi connectivity index (χ3n) is 10.6. The van der Waals surface area contributed by atoms with E-state index in [0.29, 0.717) is 11.8 Å². The Kier molecular flexibility index (Phi) is 11.8. The normalized spacial score (nSPS) is 26.1. The number of benzene rings is 1. The fourth-order valence-electron chi connectivity index (χ4n) is 7.45. The van der Waals surface area contributed by atoms with Gasteiger partial charge in [-0.1, -0.05) is 58.0 Å². The first-order valence-corrected chi connectivity index (χ1v) is 16.8.